The summed E-state index contributed by atoms with van der Waals surface area (Å²) < 4.78 is 27.0. The van der Waals surface area contributed by atoms with E-state index in [9.17, 15) is 4.57 Å². The number of rotatable bonds is 25. The van der Waals surface area contributed by atoms with Gasteiger partial charge < -0.3 is 19.3 Å². The number of nitriles is 1. The number of hydrogen-bond acceptors (Lipinski definition) is 6. The molecule has 0 aromatic carbocycles. The average molecular weight is 541 g/mol. The standard InChI is InChI=1S/C28H49N2O6P/c1-2-3-4-5-6-7-8-9-10-11-12-13-14-15-16-17-21-34-24-28(25-36-37(31,32)33)35-23-27-20-18-19-26(22-29)30-27/h18-20,28H,2-17,21,23-25H2,1H3,(H2,31,32,33). The summed E-state index contributed by atoms with van der Waals surface area (Å²) >= 11 is 0. The number of phosphoric ester groups is 1. The average Bonchev–Trinajstić information content (AvgIpc) is 2.88. The van der Waals surface area contributed by atoms with E-state index in [0.29, 0.717) is 12.3 Å². The number of hydrogen-bond donors (Lipinski definition) is 2. The van der Waals surface area contributed by atoms with E-state index in [1.54, 1.807) is 18.2 Å². The van der Waals surface area contributed by atoms with Gasteiger partial charge in [-0.3, -0.25) is 4.52 Å². The van der Waals surface area contributed by atoms with Crippen LogP contribution < -0.4 is 0 Å². The van der Waals surface area contributed by atoms with Gasteiger partial charge in [0.2, 0.25) is 0 Å². The zero-order chi connectivity index (χ0) is 27.0. The van der Waals surface area contributed by atoms with Gasteiger partial charge in [0.05, 0.1) is 25.5 Å². The Bertz CT molecular complexity index is 767. The van der Waals surface area contributed by atoms with Crippen molar-refractivity contribution in [3.8, 4) is 6.07 Å². The van der Waals surface area contributed by atoms with Crippen LogP contribution in [-0.4, -0.2) is 40.7 Å². The normalized spacial score (nSPS) is 12.5. The Kier molecular flexibility index (Phi) is 20.6. The second kappa shape index (κ2) is 22.6. The number of aromatic nitrogens is 1. The summed E-state index contributed by atoms with van der Waals surface area (Å²) in [6.07, 6.45) is 20.3. The SMILES string of the molecule is CCCCCCCCCCCCCCCCCCOCC(COP(=O)(O)O)OCc1cccc(C#N)n1. The van der Waals surface area contributed by atoms with Crippen molar-refractivity contribution >= 4 is 7.82 Å². The van der Waals surface area contributed by atoms with Gasteiger partial charge >= 0.3 is 7.82 Å². The molecule has 1 aromatic rings. The highest BCUT2D eigenvalue weighted by Gasteiger charge is 2.19. The molecule has 1 atom stereocenters. The molecule has 1 heterocycles. The van der Waals surface area contributed by atoms with Crippen molar-refractivity contribution < 1.29 is 28.3 Å². The van der Waals surface area contributed by atoms with Gasteiger partial charge in [-0.1, -0.05) is 109 Å². The maximum atomic E-state index is 11.1. The van der Waals surface area contributed by atoms with Crippen LogP contribution >= 0.6 is 7.82 Å². The Morgan fingerprint density at radius 1 is 0.865 bits per heavy atom. The van der Waals surface area contributed by atoms with E-state index < -0.39 is 13.9 Å². The molecule has 0 fully saturated rings. The Morgan fingerprint density at radius 3 is 1.92 bits per heavy atom. The smallest absolute Gasteiger partial charge is 0.379 e. The summed E-state index contributed by atoms with van der Waals surface area (Å²) in [6.45, 7) is 2.79. The monoisotopic (exact) mass is 540 g/mol. The summed E-state index contributed by atoms with van der Waals surface area (Å²) in [4.78, 5) is 22.1. The molecule has 0 spiro atoms. The lowest BCUT2D eigenvalue weighted by Crippen LogP contribution is -2.25. The molecule has 0 aliphatic rings. The molecule has 0 aliphatic carbocycles. The predicted molar refractivity (Wildman–Crippen MR) is 146 cm³/mol. The third kappa shape index (κ3) is 21.3. The quantitative estimate of drug-likeness (QED) is 0.0984. The molecule has 0 aliphatic heterocycles. The molecule has 1 aromatic heterocycles. The zero-order valence-corrected chi connectivity index (χ0v) is 23.7. The van der Waals surface area contributed by atoms with E-state index in [2.05, 4.69) is 16.4 Å². The molecule has 0 bridgehead atoms. The van der Waals surface area contributed by atoms with E-state index in [1.165, 1.54) is 89.9 Å². The van der Waals surface area contributed by atoms with Crippen molar-refractivity contribution in [2.24, 2.45) is 0 Å². The molecule has 0 saturated carbocycles. The van der Waals surface area contributed by atoms with Crippen molar-refractivity contribution in [3.63, 3.8) is 0 Å². The number of nitrogens with zero attached hydrogens (tertiary/aromatic N) is 2. The van der Waals surface area contributed by atoms with Crippen LogP contribution in [-0.2, 0) is 25.2 Å². The lowest BCUT2D eigenvalue weighted by Gasteiger charge is -2.18. The van der Waals surface area contributed by atoms with Crippen LogP contribution in [0.1, 0.15) is 121 Å². The van der Waals surface area contributed by atoms with Crippen LogP contribution in [0.15, 0.2) is 18.2 Å². The third-order valence-corrected chi connectivity index (χ3v) is 6.75. The van der Waals surface area contributed by atoms with Gasteiger partial charge in [0.15, 0.2) is 0 Å². The zero-order valence-electron chi connectivity index (χ0n) is 22.8. The summed E-state index contributed by atoms with van der Waals surface area (Å²) in [7, 11) is -4.60. The van der Waals surface area contributed by atoms with Crippen LogP contribution in [0.5, 0.6) is 0 Å². The first-order valence-corrected chi connectivity index (χ1v) is 15.7. The van der Waals surface area contributed by atoms with Crippen LogP contribution in [0.2, 0.25) is 0 Å². The first-order chi connectivity index (χ1) is 17.9. The molecule has 37 heavy (non-hydrogen) atoms. The van der Waals surface area contributed by atoms with Crippen LogP contribution in [0.3, 0.4) is 0 Å². The first kappa shape index (κ1) is 33.7. The van der Waals surface area contributed by atoms with E-state index in [-0.39, 0.29) is 25.5 Å². The van der Waals surface area contributed by atoms with Crippen molar-refractivity contribution in [3.05, 3.63) is 29.6 Å². The van der Waals surface area contributed by atoms with Crippen molar-refractivity contribution in [1.29, 1.82) is 5.26 Å². The van der Waals surface area contributed by atoms with E-state index in [4.69, 9.17) is 24.5 Å². The fourth-order valence-corrected chi connectivity index (χ4v) is 4.48. The van der Waals surface area contributed by atoms with Crippen molar-refractivity contribution in [2.75, 3.05) is 19.8 Å². The fraction of sp³-hybridized carbons (Fsp3) is 0.786. The first-order valence-electron chi connectivity index (χ1n) is 14.2. The van der Waals surface area contributed by atoms with Gasteiger partial charge in [-0.05, 0) is 18.6 Å². The van der Waals surface area contributed by atoms with Gasteiger partial charge in [-0.25, -0.2) is 9.55 Å². The molecule has 8 nitrogen and oxygen atoms in total. The summed E-state index contributed by atoms with van der Waals surface area (Å²) in [5.74, 6) is 0. The Labute approximate surface area is 224 Å². The lowest BCUT2D eigenvalue weighted by molar-refractivity contribution is -0.0501. The topological polar surface area (TPSA) is 122 Å². The van der Waals surface area contributed by atoms with E-state index in [1.807, 2.05) is 6.07 Å². The Hall–Kier alpha value is -1.33. The molecule has 0 amide bonds. The van der Waals surface area contributed by atoms with Crippen molar-refractivity contribution in [1.82, 2.24) is 4.98 Å². The van der Waals surface area contributed by atoms with Gasteiger partial charge in [0.1, 0.15) is 17.9 Å². The van der Waals surface area contributed by atoms with Crippen LogP contribution in [0.25, 0.3) is 0 Å². The summed E-state index contributed by atoms with van der Waals surface area (Å²) in [5.41, 5.74) is 0.835. The second-order valence-electron chi connectivity index (χ2n) is 9.72. The maximum absolute atomic E-state index is 11.1. The Morgan fingerprint density at radius 2 is 1.41 bits per heavy atom. The molecule has 1 unspecified atom stereocenters. The van der Waals surface area contributed by atoms with Crippen molar-refractivity contribution in [2.45, 2.75) is 122 Å². The number of ether oxygens (including phenoxy) is 2. The highest BCUT2D eigenvalue weighted by atomic mass is 31.2. The molecule has 9 heteroatoms. The minimum atomic E-state index is -4.60. The molecule has 212 valence electrons. The van der Waals surface area contributed by atoms with E-state index >= 15 is 0 Å². The minimum absolute atomic E-state index is 0.0904. The molecule has 2 N–H and O–H groups in total. The van der Waals surface area contributed by atoms with Crippen LogP contribution in [0, 0.1) is 11.3 Å². The third-order valence-electron chi connectivity index (χ3n) is 6.26. The highest BCUT2D eigenvalue weighted by Crippen LogP contribution is 2.35. The molecule has 1 rings (SSSR count). The Balaban J connectivity index is 2.04. The fourth-order valence-electron chi connectivity index (χ4n) is 4.12. The molecule has 0 radical (unpaired) electrons. The van der Waals surface area contributed by atoms with Crippen LogP contribution in [0.4, 0.5) is 0 Å². The largest absolute Gasteiger partial charge is 0.469 e. The summed E-state index contributed by atoms with van der Waals surface area (Å²) in [6, 6.07) is 6.99. The predicted octanol–water partition coefficient (Wildman–Crippen LogP) is 7.23. The second-order valence-corrected chi connectivity index (χ2v) is 11.0. The lowest BCUT2D eigenvalue weighted by atomic mass is 10.0. The number of pyridine rings is 1. The highest BCUT2D eigenvalue weighted by molar-refractivity contribution is 7.46. The number of phosphoric acid groups is 1. The van der Waals surface area contributed by atoms with Gasteiger partial charge in [0, 0.05) is 6.61 Å². The number of unbranched alkanes of at least 4 members (excludes halogenated alkanes) is 15. The molecule has 0 saturated heterocycles. The minimum Gasteiger partial charge on any atom is -0.379 e. The van der Waals surface area contributed by atoms with Gasteiger partial charge in [-0.2, -0.15) is 5.26 Å². The van der Waals surface area contributed by atoms with Gasteiger partial charge in [-0.15, -0.1) is 0 Å². The van der Waals surface area contributed by atoms with Gasteiger partial charge in [0.25, 0.3) is 0 Å². The molecular formula is C28H49N2O6P. The molecular weight excluding hydrogens is 491 g/mol. The van der Waals surface area contributed by atoms with E-state index in [0.717, 1.165) is 12.8 Å². The summed E-state index contributed by atoms with van der Waals surface area (Å²) in [5, 5.41) is 8.95. The maximum Gasteiger partial charge on any atom is 0.469 e.